The lowest BCUT2D eigenvalue weighted by molar-refractivity contribution is -0.150. The highest BCUT2D eigenvalue weighted by Crippen LogP contribution is 2.08. The van der Waals surface area contributed by atoms with Crippen LogP contribution in [0.15, 0.2) is 0 Å². The van der Waals surface area contributed by atoms with Crippen molar-refractivity contribution in [3.63, 3.8) is 0 Å². The Morgan fingerprint density at radius 1 is 1.36 bits per heavy atom. The van der Waals surface area contributed by atoms with Crippen LogP contribution in [0.1, 0.15) is 20.8 Å². The standard InChI is InChI=1S/C9H14O4S/c1-4-13-9(12)6(2)8(11)5-14-7(3)10/h6H,4-5H2,1-3H3. The molecule has 80 valence electrons. The number of rotatable bonds is 5. The lowest BCUT2D eigenvalue weighted by Gasteiger charge is -2.07. The summed E-state index contributed by atoms with van der Waals surface area (Å²) < 4.78 is 4.68. The number of hydrogen-bond donors (Lipinski definition) is 0. The van der Waals surface area contributed by atoms with Crippen LogP contribution >= 0.6 is 11.8 Å². The van der Waals surface area contributed by atoms with Crippen LogP contribution in [-0.2, 0) is 19.1 Å². The molecule has 0 spiro atoms. The number of esters is 1. The molecule has 0 aliphatic heterocycles. The summed E-state index contributed by atoms with van der Waals surface area (Å²) >= 11 is 0.907. The molecule has 4 nitrogen and oxygen atoms in total. The van der Waals surface area contributed by atoms with E-state index in [0.717, 1.165) is 11.8 Å². The van der Waals surface area contributed by atoms with Gasteiger partial charge in [0, 0.05) is 6.92 Å². The van der Waals surface area contributed by atoms with Gasteiger partial charge in [0.2, 0.25) is 0 Å². The second kappa shape index (κ2) is 6.59. The Kier molecular flexibility index (Phi) is 6.19. The van der Waals surface area contributed by atoms with Crippen molar-refractivity contribution in [1.29, 1.82) is 0 Å². The van der Waals surface area contributed by atoms with Crippen molar-refractivity contribution in [2.24, 2.45) is 5.92 Å². The molecule has 1 unspecified atom stereocenters. The van der Waals surface area contributed by atoms with Gasteiger partial charge < -0.3 is 4.74 Å². The Balaban J connectivity index is 3.98. The molecule has 0 aromatic carbocycles. The average molecular weight is 218 g/mol. The van der Waals surface area contributed by atoms with E-state index in [9.17, 15) is 14.4 Å². The molecule has 0 radical (unpaired) electrons. The van der Waals surface area contributed by atoms with Gasteiger partial charge in [-0.2, -0.15) is 0 Å². The van der Waals surface area contributed by atoms with Crippen molar-refractivity contribution in [2.45, 2.75) is 20.8 Å². The molecule has 0 saturated heterocycles. The Morgan fingerprint density at radius 3 is 2.36 bits per heavy atom. The fourth-order valence-electron chi connectivity index (χ4n) is 0.696. The van der Waals surface area contributed by atoms with Crippen molar-refractivity contribution in [3.05, 3.63) is 0 Å². The molecule has 0 heterocycles. The molecule has 0 aliphatic carbocycles. The molecule has 0 N–H and O–H groups in total. The predicted octanol–water partition coefficient (Wildman–Crippen LogP) is 1.03. The highest BCUT2D eigenvalue weighted by molar-refractivity contribution is 8.14. The lowest BCUT2D eigenvalue weighted by Crippen LogP contribution is -2.25. The topological polar surface area (TPSA) is 60.4 Å². The van der Waals surface area contributed by atoms with Crippen molar-refractivity contribution < 1.29 is 19.1 Å². The Bertz CT molecular complexity index is 237. The predicted molar refractivity (Wildman–Crippen MR) is 53.9 cm³/mol. The summed E-state index contributed by atoms with van der Waals surface area (Å²) in [6.45, 7) is 4.81. The van der Waals surface area contributed by atoms with Crippen molar-refractivity contribution in [2.75, 3.05) is 12.4 Å². The van der Waals surface area contributed by atoms with E-state index in [1.807, 2.05) is 0 Å². The number of carbonyl (C=O) groups excluding carboxylic acids is 3. The van der Waals surface area contributed by atoms with E-state index in [0.29, 0.717) is 0 Å². The molecule has 0 aromatic heterocycles. The van der Waals surface area contributed by atoms with Gasteiger partial charge in [-0.25, -0.2) is 0 Å². The maximum atomic E-state index is 11.3. The fraction of sp³-hybridized carbons (Fsp3) is 0.667. The third kappa shape index (κ3) is 5.01. The number of carbonyl (C=O) groups is 3. The third-order valence-corrected chi connectivity index (χ3v) is 2.38. The number of ketones is 1. The molecular weight excluding hydrogens is 204 g/mol. The fourth-order valence-corrected chi connectivity index (χ4v) is 1.29. The first-order valence-electron chi connectivity index (χ1n) is 4.31. The number of thioether (sulfide) groups is 1. The van der Waals surface area contributed by atoms with Crippen LogP contribution in [0.5, 0.6) is 0 Å². The zero-order chi connectivity index (χ0) is 11.1. The maximum absolute atomic E-state index is 11.3. The first-order chi connectivity index (χ1) is 6.49. The van der Waals surface area contributed by atoms with E-state index in [-0.39, 0.29) is 23.3 Å². The highest BCUT2D eigenvalue weighted by atomic mass is 32.2. The zero-order valence-corrected chi connectivity index (χ0v) is 9.35. The van der Waals surface area contributed by atoms with E-state index in [1.165, 1.54) is 13.8 Å². The van der Waals surface area contributed by atoms with Crippen LogP contribution in [0.3, 0.4) is 0 Å². The van der Waals surface area contributed by atoms with E-state index < -0.39 is 11.9 Å². The molecule has 0 fully saturated rings. The van der Waals surface area contributed by atoms with Crippen LogP contribution in [0, 0.1) is 5.92 Å². The van der Waals surface area contributed by atoms with E-state index in [1.54, 1.807) is 6.92 Å². The van der Waals surface area contributed by atoms with Crippen molar-refractivity contribution in [1.82, 2.24) is 0 Å². The minimum absolute atomic E-state index is 0.0370. The summed E-state index contributed by atoms with van der Waals surface area (Å²) in [6.07, 6.45) is 0. The summed E-state index contributed by atoms with van der Waals surface area (Å²) in [4.78, 5) is 32.9. The number of ether oxygens (including phenoxy) is 1. The molecule has 0 saturated carbocycles. The van der Waals surface area contributed by atoms with Gasteiger partial charge in [0.1, 0.15) is 5.92 Å². The molecule has 1 atom stereocenters. The Hall–Kier alpha value is -0.840. The monoisotopic (exact) mass is 218 g/mol. The van der Waals surface area contributed by atoms with Gasteiger partial charge in [-0.3, -0.25) is 14.4 Å². The van der Waals surface area contributed by atoms with E-state index >= 15 is 0 Å². The second-order valence-electron chi connectivity index (χ2n) is 2.72. The second-order valence-corrected chi connectivity index (χ2v) is 3.87. The van der Waals surface area contributed by atoms with Crippen molar-refractivity contribution >= 4 is 28.6 Å². The van der Waals surface area contributed by atoms with Gasteiger partial charge >= 0.3 is 5.97 Å². The van der Waals surface area contributed by atoms with Gasteiger partial charge in [-0.15, -0.1) is 0 Å². The first-order valence-corrected chi connectivity index (χ1v) is 5.30. The number of Topliss-reactive ketones (excluding diaryl/α,β-unsaturated/α-hetero) is 1. The Morgan fingerprint density at radius 2 is 1.93 bits per heavy atom. The molecule has 14 heavy (non-hydrogen) atoms. The maximum Gasteiger partial charge on any atom is 0.316 e. The van der Waals surface area contributed by atoms with Crippen LogP contribution < -0.4 is 0 Å². The minimum atomic E-state index is -0.776. The van der Waals surface area contributed by atoms with Crippen LogP contribution in [0.25, 0.3) is 0 Å². The SMILES string of the molecule is CCOC(=O)C(C)C(=O)CSC(C)=O. The van der Waals surface area contributed by atoms with E-state index in [4.69, 9.17) is 0 Å². The average Bonchev–Trinajstić information content (AvgIpc) is 2.13. The van der Waals surface area contributed by atoms with Gasteiger partial charge in [0.25, 0.3) is 0 Å². The van der Waals surface area contributed by atoms with Gasteiger partial charge in [0.05, 0.1) is 12.4 Å². The van der Waals surface area contributed by atoms with Crippen LogP contribution in [0.4, 0.5) is 0 Å². The summed E-state index contributed by atoms with van der Waals surface area (Å²) in [5.74, 6) is -1.54. The quantitative estimate of drug-likeness (QED) is 0.509. The summed E-state index contributed by atoms with van der Waals surface area (Å²) in [6, 6.07) is 0. The Labute approximate surface area is 87.4 Å². The molecule has 0 aliphatic rings. The summed E-state index contributed by atoms with van der Waals surface area (Å²) in [5, 5.41) is -0.130. The summed E-state index contributed by atoms with van der Waals surface area (Å²) in [5.41, 5.74) is 0. The molecule has 0 aromatic rings. The summed E-state index contributed by atoms with van der Waals surface area (Å²) in [7, 11) is 0. The first kappa shape index (κ1) is 13.2. The number of hydrogen-bond acceptors (Lipinski definition) is 5. The largest absolute Gasteiger partial charge is 0.465 e. The van der Waals surface area contributed by atoms with Gasteiger partial charge in [0.15, 0.2) is 10.9 Å². The molecule has 0 rings (SSSR count). The molecule has 0 amide bonds. The normalized spacial score (nSPS) is 11.9. The zero-order valence-electron chi connectivity index (χ0n) is 8.53. The van der Waals surface area contributed by atoms with Crippen LogP contribution in [-0.4, -0.2) is 29.2 Å². The van der Waals surface area contributed by atoms with Gasteiger partial charge in [-0.1, -0.05) is 11.8 Å². The van der Waals surface area contributed by atoms with Crippen molar-refractivity contribution in [3.8, 4) is 0 Å². The highest BCUT2D eigenvalue weighted by Gasteiger charge is 2.22. The van der Waals surface area contributed by atoms with E-state index in [2.05, 4.69) is 4.74 Å². The van der Waals surface area contributed by atoms with Gasteiger partial charge in [-0.05, 0) is 13.8 Å². The minimum Gasteiger partial charge on any atom is -0.465 e. The third-order valence-electron chi connectivity index (χ3n) is 1.54. The molecule has 5 heteroatoms. The molecule has 0 bridgehead atoms. The smallest absolute Gasteiger partial charge is 0.316 e. The van der Waals surface area contributed by atoms with Crippen LogP contribution in [0.2, 0.25) is 0 Å². The molecular formula is C9H14O4S. The lowest BCUT2D eigenvalue weighted by atomic mass is 10.1.